The molecule has 0 atom stereocenters. The molecule has 0 amide bonds. The van der Waals surface area contributed by atoms with Crippen LogP contribution < -0.4 is 9.47 Å². The van der Waals surface area contributed by atoms with Crippen LogP contribution in [0.3, 0.4) is 0 Å². The van der Waals surface area contributed by atoms with E-state index >= 15 is 0 Å². The molecule has 0 fully saturated rings. The maximum absolute atomic E-state index is 5.63. The lowest BCUT2D eigenvalue weighted by molar-refractivity contribution is 0.174. The lowest BCUT2D eigenvalue weighted by Crippen LogP contribution is -2.22. The standard InChI is InChI=1S/C16H14BrN3O4S/c1-19(7-11-3-5-14(17)23-11)8-20-16(25)24-15(18-20)10-2-4-12-13(6-10)22-9-21-12/h2-6H,7-9H2,1H3. The molecule has 0 saturated carbocycles. The van der Waals surface area contributed by atoms with E-state index in [2.05, 4.69) is 21.0 Å². The SMILES string of the molecule is CN(Cc1ccc(Br)o1)Cn1nc(-c2ccc3c(c2)OCO3)oc1=S. The van der Waals surface area contributed by atoms with Crippen LogP contribution >= 0.6 is 28.1 Å². The number of rotatable bonds is 5. The molecule has 0 spiro atoms. The lowest BCUT2D eigenvalue weighted by Gasteiger charge is -2.13. The van der Waals surface area contributed by atoms with Gasteiger partial charge in [-0.15, -0.1) is 5.10 Å². The maximum atomic E-state index is 5.63. The molecule has 1 aromatic carbocycles. The quantitative estimate of drug-likeness (QED) is 0.573. The molecule has 7 nitrogen and oxygen atoms in total. The first kappa shape index (κ1) is 16.4. The smallest absolute Gasteiger partial charge is 0.288 e. The van der Waals surface area contributed by atoms with Crippen molar-refractivity contribution in [2.45, 2.75) is 13.2 Å². The van der Waals surface area contributed by atoms with Crippen LogP contribution in [0, 0.1) is 4.84 Å². The summed E-state index contributed by atoms with van der Waals surface area (Å²) in [5.41, 5.74) is 0.784. The molecule has 2 aromatic heterocycles. The van der Waals surface area contributed by atoms with Crippen LogP contribution in [0.1, 0.15) is 5.76 Å². The molecule has 0 radical (unpaired) electrons. The summed E-state index contributed by atoms with van der Waals surface area (Å²) in [5.74, 6) is 2.68. The molecule has 3 aromatic rings. The summed E-state index contributed by atoms with van der Waals surface area (Å²) in [5, 5.41) is 4.46. The second-order valence-electron chi connectivity index (χ2n) is 5.60. The molecule has 3 heterocycles. The maximum Gasteiger partial charge on any atom is 0.288 e. The highest BCUT2D eigenvalue weighted by Gasteiger charge is 2.17. The number of furan rings is 1. The molecule has 0 aliphatic carbocycles. The number of benzene rings is 1. The Kier molecular flexibility index (Phi) is 4.36. The number of halogens is 1. The highest BCUT2D eigenvalue weighted by Crippen LogP contribution is 2.35. The third-order valence-corrected chi connectivity index (χ3v) is 4.38. The van der Waals surface area contributed by atoms with Gasteiger partial charge in [0.05, 0.1) is 13.2 Å². The van der Waals surface area contributed by atoms with Gasteiger partial charge < -0.3 is 18.3 Å². The van der Waals surface area contributed by atoms with Gasteiger partial charge in [0.1, 0.15) is 5.76 Å². The Labute approximate surface area is 156 Å². The van der Waals surface area contributed by atoms with Crippen LogP contribution in [0.25, 0.3) is 11.5 Å². The molecule has 0 bridgehead atoms. The highest BCUT2D eigenvalue weighted by molar-refractivity contribution is 9.10. The zero-order chi connectivity index (χ0) is 17.4. The zero-order valence-corrected chi connectivity index (χ0v) is 15.7. The Balaban J connectivity index is 1.51. The van der Waals surface area contributed by atoms with Gasteiger partial charge in [0.25, 0.3) is 4.84 Å². The summed E-state index contributed by atoms with van der Waals surface area (Å²) >= 11 is 8.58. The zero-order valence-electron chi connectivity index (χ0n) is 13.3. The van der Waals surface area contributed by atoms with Gasteiger partial charge in [0.2, 0.25) is 12.7 Å². The van der Waals surface area contributed by atoms with E-state index < -0.39 is 0 Å². The van der Waals surface area contributed by atoms with Crippen LogP contribution in [-0.2, 0) is 13.2 Å². The summed E-state index contributed by atoms with van der Waals surface area (Å²) in [6.45, 7) is 1.33. The largest absolute Gasteiger partial charge is 0.454 e. The van der Waals surface area contributed by atoms with Gasteiger partial charge >= 0.3 is 0 Å². The van der Waals surface area contributed by atoms with Crippen molar-refractivity contribution in [1.29, 1.82) is 0 Å². The Bertz CT molecular complexity index is 964. The number of hydrogen-bond acceptors (Lipinski definition) is 7. The molecule has 0 saturated heterocycles. The number of hydrogen-bond donors (Lipinski definition) is 0. The third kappa shape index (κ3) is 3.48. The van der Waals surface area contributed by atoms with Gasteiger partial charge in [-0.3, -0.25) is 4.90 Å². The van der Waals surface area contributed by atoms with Crippen LogP contribution in [0.4, 0.5) is 0 Å². The predicted molar refractivity (Wildman–Crippen MR) is 94.8 cm³/mol. The summed E-state index contributed by atoms with van der Waals surface area (Å²) in [7, 11) is 1.95. The van der Waals surface area contributed by atoms with E-state index in [4.69, 9.17) is 30.5 Å². The van der Waals surface area contributed by atoms with Crippen molar-refractivity contribution in [2.24, 2.45) is 0 Å². The molecule has 0 unspecified atom stereocenters. The van der Waals surface area contributed by atoms with E-state index in [1.807, 2.05) is 42.3 Å². The summed E-state index contributed by atoms with van der Waals surface area (Å²) < 4.78 is 24.2. The van der Waals surface area contributed by atoms with E-state index in [1.165, 1.54) is 0 Å². The number of fused-ring (bicyclic) bond motifs is 1. The van der Waals surface area contributed by atoms with Crippen molar-refractivity contribution >= 4 is 28.1 Å². The van der Waals surface area contributed by atoms with E-state index in [9.17, 15) is 0 Å². The van der Waals surface area contributed by atoms with Gasteiger partial charge in [0.15, 0.2) is 16.2 Å². The minimum atomic E-state index is 0.227. The average Bonchev–Trinajstić information content (AvgIpc) is 3.28. The molecular weight excluding hydrogens is 410 g/mol. The monoisotopic (exact) mass is 423 g/mol. The second-order valence-corrected chi connectivity index (χ2v) is 6.73. The number of nitrogens with zero attached hydrogens (tertiary/aromatic N) is 3. The van der Waals surface area contributed by atoms with Gasteiger partial charge in [-0.1, -0.05) is 0 Å². The lowest BCUT2D eigenvalue weighted by atomic mass is 10.2. The van der Waals surface area contributed by atoms with Gasteiger partial charge in [-0.2, -0.15) is 0 Å². The normalized spacial score (nSPS) is 12.9. The number of aromatic nitrogens is 2. The molecule has 0 N–H and O–H groups in total. The van der Waals surface area contributed by atoms with Gasteiger partial charge in [-0.05, 0) is 65.5 Å². The van der Waals surface area contributed by atoms with Crippen LogP contribution in [0.2, 0.25) is 0 Å². The fourth-order valence-corrected chi connectivity index (χ4v) is 3.04. The summed E-state index contributed by atoms with van der Waals surface area (Å²) in [6.07, 6.45) is 0. The molecule has 1 aliphatic heterocycles. The Morgan fingerprint density at radius 3 is 2.84 bits per heavy atom. The first-order valence-electron chi connectivity index (χ1n) is 7.49. The summed E-state index contributed by atoms with van der Waals surface area (Å²) in [4.78, 5) is 2.33. The first-order chi connectivity index (χ1) is 12.1. The molecule has 130 valence electrons. The van der Waals surface area contributed by atoms with Crippen LogP contribution in [0.5, 0.6) is 11.5 Å². The van der Waals surface area contributed by atoms with E-state index in [0.29, 0.717) is 40.1 Å². The van der Waals surface area contributed by atoms with Gasteiger partial charge in [-0.25, -0.2) is 4.68 Å². The Morgan fingerprint density at radius 2 is 2.04 bits per heavy atom. The molecule has 1 aliphatic rings. The number of ether oxygens (including phenoxy) is 2. The van der Waals surface area contributed by atoms with Crippen molar-refractivity contribution in [1.82, 2.24) is 14.7 Å². The fraction of sp³-hybridized carbons (Fsp3) is 0.250. The van der Waals surface area contributed by atoms with E-state index in [0.717, 1.165) is 11.3 Å². The van der Waals surface area contributed by atoms with Crippen molar-refractivity contribution in [3.8, 4) is 23.0 Å². The van der Waals surface area contributed by atoms with Crippen molar-refractivity contribution < 1.29 is 18.3 Å². The van der Waals surface area contributed by atoms with Crippen LogP contribution in [-0.4, -0.2) is 28.5 Å². The predicted octanol–water partition coefficient (Wildman–Crippen LogP) is 4.05. The molecular formula is C16H14BrN3O4S. The third-order valence-electron chi connectivity index (χ3n) is 3.66. The average molecular weight is 424 g/mol. The Morgan fingerprint density at radius 1 is 1.20 bits per heavy atom. The van der Waals surface area contributed by atoms with Crippen molar-refractivity contribution in [3.05, 3.63) is 45.6 Å². The van der Waals surface area contributed by atoms with E-state index in [1.54, 1.807) is 4.68 Å². The second kappa shape index (κ2) is 6.66. The Hall–Kier alpha value is -2.10. The van der Waals surface area contributed by atoms with Crippen molar-refractivity contribution in [2.75, 3.05) is 13.8 Å². The summed E-state index contributed by atoms with van der Waals surface area (Å²) in [6, 6.07) is 9.30. The molecule has 4 rings (SSSR count). The van der Waals surface area contributed by atoms with E-state index in [-0.39, 0.29) is 6.79 Å². The van der Waals surface area contributed by atoms with Gasteiger partial charge in [0, 0.05) is 5.56 Å². The van der Waals surface area contributed by atoms with Crippen molar-refractivity contribution in [3.63, 3.8) is 0 Å². The molecule has 9 heteroatoms. The minimum absolute atomic E-state index is 0.227. The van der Waals surface area contributed by atoms with Crippen LogP contribution in [0.15, 0.2) is 43.8 Å². The topological polar surface area (TPSA) is 65.8 Å². The fourth-order valence-electron chi connectivity index (χ4n) is 2.52. The minimum Gasteiger partial charge on any atom is -0.454 e. The molecule has 25 heavy (non-hydrogen) atoms. The first-order valence-corrected chi connectivity index (χ1v) is 8.69. The highest BCUT2D eigenvalue weighted by atomic mass is 79.9.